The van der Waals surface area contributed by atoms with E-state index >= 15 is 0 Å². The van der Waals surface area contributed by atoms with Crippen LogP contribution in [0.25, 0.3) is 0 Å². The van der Waals surface area contributed by atoms with E-state index in [-0.39, 0.29) is 0 Å². The average Bonchev–Trinajstić information content (AvgIpc) is 3.52. The van der Waals surface area contributed by atoms with E-state index in [0.717, 1.165) is 0 Å². The lowest BCUT2D eigenvalue weighted by Gasteiger charge is -2.06. The van der Waals surface area contributed by atoms with Crippen LogP contribution >= 0.6 is 47.0 Å². The Morgan fingerprint density at radius 1 is 0.469 bits per heavy atom. The Hall–Kier alpha value is -0.300. The molecule has 0 bridgehead atoms. The molecule has 4 rings (SSSR count). The highest BCUT2D eigenvalue weighted by Crippen LogP contribution is 2.61. The first-order chi connectivity index (χ1) is 15.8. The number of hydrogen-bond acceptors (Lipinski definition) is 4. The molecule has 6 heteroatoms. The van der Waals surface area contributed by atoms with Crippen molar-refractivity contribution in [1.82, 2.24) is 9.13 Å². The van der Waals surface area contributed by atoms with Crippen LogP contribution in [0.3, 0.4) is 0 Å². The van der Waals surface area contributed by atoms with Crippen LogP contribution < -0.4 is 0 Å². The zero-order chi connectivity index (χ0) is 22.2. The number of fused-ring (bicyclic) bond motifs is 2. The van der Waals surface area contributed by atoms with Gasteiger partial charge in [0, 0.05) is 57.5 Å². The smallest absolute Gasteiger partial charge is 0.0707 e. The molecule has 0 spiro atoms. The predicted octanol–water partition coefficient (Wildman–Crippen LogP) is 10.2. The second-order valence-electron chi connectivity index (χ2n) is 8.97. The minimum Gasteiger partial charge on any atom is -0.352 e. The summed E-state index contributed by atoms with van der Waals surface area (Å²) in [5, 5.41) is 0. The van der Waals surface area contributed by atoms with Crippen LogP contribution in [0.2, 0.25) is 0 Å². The van der Waals surface area contributed by atoms with Crippen LogP contribution in [0.5, 0.6) is 0 Å². The van der Waals surface area contributed by atoms with E-state index in [0.29, 0.717) is 0 Å². The predicted molar refractivity (Wildman–Crippen MR) is 146 cm³/mol. The third-order valence-electron chi connectivity index (χ3n) is 6.14. The molecule has 0 fully saturated rings. The van der Waals surface area contributed by atoms with Gasteiger partial charge in [0.15, 0.2) is 0 Å². The quantitative estimate of drug-likeness (QED) is 0.236. The number of aryl methyl sites for hydroxylation is 2. The molecule has 0 amide bonds. The fourth-order valence-electron chi connectivity index (χ4n) is 4.25. The Balaban J connectivity index is 1.20. The number of nitrogens with zero attached hydrogens (tertiary/aromatic N) is 2. The first-order valence-corrected chi connectivity index (χ1v) is 15.9. The van der Waals surface area contributed by atoms with Gasteiger partial charge in [-0.1, -0.05) is 125 Å². The van der Waals surface area contributed by atoms with Gasteiger partial charge in [0.2, 0.25) is 0 Å². The lowest BCUT2D eigenvalue weighted by molar-refractivity contribution is 0.558. The Labute approximate surface area is 212 Å². The molecule has 2 aromatic rings. The number of hydrogen-bond donors (Lipinski definition) is 0. The van der Waals surface area contributed by atoms with E-state index in [1.807, 2.05) is 47.0 Å². The van der Waals surface area contributed by atoms with Crippen molar-refractivity contribution in [3.05, 3.63) is 33.3 Å². The Bertz CT molecular complexity index is 773. The van der Waals surface area contributed by atoms with Crippen molar-refractivity contribution in [1.29, 1.82) is 0 Å². The van der Waals surface area contributed by atoms with E-state index in [1.54, 1.807) is 0 Å². The molecule has 2 aliphatic rings. The molecule has 176 valence electrons. The lowest BCUT2D eigenvalue weighted by Crippen LogP contribution is -1.94. The van der Waals surface area contributed by atoms with Gasteiger partial charge in [0.25, 0.3) is 0 Å². The zero-order valence-corrected chi connectivity index (χ0v) is 23.0. The molecular formula is C26H38N2S4. The number of aromatic nitrogens is 2. The van der Waals surface area contributed by atoms with Crippen LogP contribution in [0.15, 0.2) is 52.8 Å². The van der Waals surface area contributed by atoms with Crippen LogP contribution in [-0.4, -0.2) is 9.13 Å². The van der Waals surface area contributed by atoms with Crippen LogP contribution in [0.4, 0.5) is 0 Å². The monoisotopic (exact) mass is 506 g/mol. The highest BCUT2D eigenvalue weighted by molar-refractivity contribution is 8.30. The largest absolute Gasteiger partial charge is 0.352 e. The van der Waals surface area contributed by atoms with Gasteiger partial charge in [0.05, 0.1) is 8.47 Å². The lowest BCUT2D eigenvalue weighted by atomic mass is 10.1. The highest BCUT2D eigenvalue weighted by Gasteiger charge is 2.28. The van der Waals surface area contributed by atoms with Crippen molar-refractivity contribution in [2.75, 3.05) is 0 Å². The third-order valence-corrected chi connectivity index (χ3v) is 11.6. The summed E-state index contributed by atoms with van der Waals surface area (Å²) in [5.41, 5.74) is 0. The molecule has 2 aromatic heterocycles. The standard InChI is InChI=1S/C26H38N2S4/c1-3-5-7-9-11-13-15-27-17-21-22(18-27)30-25(29-21)26-31-23-19-28(20-24(23)32-26)16-14-12-10-8-6-4-2/h17-20H,3-16H2,1-2H3. The molecule has 2 aliphatic heterocycles. The Morgan fingerprint density at radius 2 is 0.781 bits per heavy atom. The molecule has 0 radical (unpaired) electrons. The van der Waals surface area contributed by atoms with Gasteiger partial charge in [0.1, 0.15) is 0 Å². The average molecular weight is 507 g/mol. The normalized spacial score (nSPS) is 15.1. The maximum absolute atomic E-state index is 2.42. The fourth-order valence-corrected chi connectivity index (χ4v) is 9.66. The van der Waals surface area contributed by atoms with Crippen molar-refractivity contribution < 1.29 is 0 Å². The van der Waals surface area contributed by atoms with Crippen molar-refractivity contribution in [3.63, 3.8) is 0 Å². The molecule has 0 aromatic carbocycles. The van der Waals surface area contributed by atoms with Crippen molar-refractivity contribution in [2.24, 2.45) is 0 Å². The van der Waals surface area contributed by atoms with Gasteiger partial charge < -0.3 is 9.13 Å². The van der Waals surface area contributed by atoms with E-state index in [2.05, 4.69) is 47.8 Å². The summed E-state index contributed by atoms with van der Waals surface area (Å²) in [5.74, 6) is 0. The maximum atomic E-state index is 2.42. The van der Waals surface area contributed by atoms with Crippen LogP contribution in [0, 0.1) is 0 Å². The number of thioether (sulfide) groups is 4. The molecule has 4 heterocycles. The van der Waals surface area contributed by atoms with Crippen molar-refractivity contribution in [2.45, 2.75) is 124 Å². The van der Waals surface area contributed by atoms with E-state index in [9.17, 15) is 0 Å². The summed E-state index contributed by atoms with van der Waals surface area (Å²) in [6, 6.07) is 0. The first-order valence-electron chi connectivity index (χ1n) is 12.6. The van der Waals surface area contributed by atoms with Gasteiger partial charge >= 0.3 is 0 Å². The topological polar surface area (TPSA) is 9.86 Å². The number of unbranched alkanes of at least 4 members (excludes halogenated alkanes) is 10. The second-order valence-corrected chi connectivity index (χ2v) is 13.7. The minimum absolute atomic E-state index is 1.17. The Kier molecular flexibility index (Phi) is 10.1. The summed E-state index contributed by atoms with van der Waals surface area (Å²) in [6.45, 7) is 6.91. The summed E-state index contributed by atoms with van der Waals surface area (Å²) in [7, 11) is 0. The molecule has 0 unspecified atom stereocenters. The summed E-state index contributed by atoms with van der Waals surface area (Å²) < 4.78 is 7.80. The molecule has 0 atom stereocenters. The van der Waals surface area contributed by atoms with Crippen LogP contribution in [0.1, 0.15) is 90.9 Å². The highest BCUT2D eigenvalue weighted by atomic mass is 32.2. The van der Waals surface area contributed by atoms with Gasteiger partial charge in [-0.15, -0.1) is 0 Å². The van der Waals surface area contributed by atoms with Crippen molar-refractivity contribution in [3.8, 4) is 0 Å². The van der Waals surface area contributed by atoms with Crippen LogP contribution in [-0.2, 0) is 13.1 Å². The van der Waals surface area contributed by atoms with Gasteiger partial charge in [-0.25, -0.2) is 0 Å². The Morgan fingerprint density at radius 3 is 1.12 bits per heavy atom. The van der Waals surface area contributed by atoms with E-state index in [4.69, 9.17) is 0 Å². The van der Waals surface area contributed by atoms with Gasteiger partial charge in [-0.2, -0.15) is 0 Å². The van der Waals surface area contributed by atoms with E-state index in [1.165, 1.54) is 118 Å². The summed E-state index contributed by atoms with van der Waals surface area (Å²) >= 11 is 7.92. The second kappa shape index (κ2) is 13.0. The van der Waals surface area contributed by atoms with E-state index < -0.39 is 0 Å². The third kappa shape index (κ3) is 6.86. The molecular weight excluding hydrogens is 469 g/mol. The molecule has 32 heavy (non-hydrogen) atoms. The molecule has 0 aliphatic carbocycles. The maximum Gasteiger partial charge on any atom is 0.0707 e. The number of rotatable bonds is 14. The molecule has 0 saturated heterocycles. The fraction of sp³-hybridized carbons (Fsp3) is 0.615. The molecule has 0 N–H and O–H groups in total. The van der Waals surface area contributed by atoms with Gasteiger partial charge in [-0.3, -0.25) is 0 Å². The van der Waals surface area contributed by atoms with Gasteiger partial charge in [-0.05, 0) is 12.8 Å². The first kappa shape index (κ1) is 24.8. The summed E-state index contributed by atoms with van der Waals surface area (Å²) in [6.07, 6.45) is 25.9. The SMILES string of the molecule is CCCCCCCCn1cc2c(c1)SC(=C1Sc3cn(CCCCCCCC)cc3S1)S2. The molecule has 2 nitrogen and oxygen atoms in total. The summed E-state index contributed by atoms with van der Waals surface area (Å²) in [4.78, 5) is 5.81. The van der Waals surface area contributed by atoms with Crippen molar-refractivity contribution >= 4 is 47.0 Å². The zero-order valence-electron chi connectivity index (χ0n) is 19.7. The molecule has 0 saturated carbocycles. The minimum atomic E-state index is 1.17.